The maximum absolute atomic E-state index is 11.6. The van der Waals surface area contributed by atoms with Gasteiger partial charge in [-0.3, -0.25) is 14.9 Å². The zero-order chi connectivity index (χ0) is 15.5. The Morgan fingerprint density at radius 2 is 2.14 bits per heavy atom. The lowest BCUT2D eigenvalue weighted by molar-refractivity contribution is -0.384. The third kappa shape index (κ3) is 3.51. The van der Waals surface area contributed by atoms with Crippen molar-refractivity contribution in [3.63, 3.8) is 0 Å². The summed E-state index contributed by atoms with van der Waals surface area (Å²) in [5, 5.41) is 16.8. The summed E-state index contributed by atoms with van der Waals surface area (Å²) < 4.78 is 0. The van der Waals surface area contributed by atoms with Crippen molar-refractivity contribution < 1.29 is 9.72 Å². The van der Waals surface area contributed by atoms with E-state index in [4.69, 9.17) is 0 Å². The third-order valence-electron chi connectivity index (χ3n) is 4.07. The molecule has 1 aromatic rings. The highest BCUT2D eigenvalue weighted by Gasteiger charge is 2.41. The Balaban J connectivity index is 2.15. The summed E-state index contributed by atoms with van der Waals surface area (Å²) in [5.74, 6) is -0.325. The number of carbonyl (C=O) groups excluding carboxylic acids is 1. The smallest absolute Gasteiger partial charge is 0.293 e. The average Bonchev–Trinajstić information content (AvgIpc) is 3.24. The summed E-state index contributed by atoms with van der Waals surface area (Å²) in [5.41, 5.74) is 1.03. The molecule has 0 aliphatic heterocycles. The summed E-state index contributed by atoms with van der Waals surface area (Å²) in [7, 11) is 1.50. The second-order valence-corrected chi connectivity index (χ2v) is 5.67. The Labute approximate surface area is 124 Å². The lowest BCUT2D eigenvalue weighted by Crippen LogP contribution is -2.19. The molecule has 1 aliphatic carbocycles. The van der Waals surface area contributed by atoms with Crippen LogP contribution in [0.1, 0.15) is 43.0 Å². The van der Waals surface area contributed by atoms with Gasteiger partial charge in [-0.2, -0.15) is 0 Å². The van der Waals surface area contributed by atoms with Gasteiger partial charge in [0.15, 0.2) is 0 Å². The SMILES string of the molecule is CCCC1(CNc2ccc(C(=O)NC)cc2[N+](=O)[O-])CC1. The van der Waals surface area contributed by atoms with E-state index in [2.05, 4.69) is 17.6 Å². The molecule has 0 radical (unpaired) electrons. The van der Waals surface area contributed by atoms with Gasteiger partial charge < -0.3 is 10.6 Å². The van der Waals surface area contributed by atoms with E-state index in [9.17, 15) is 14.9 Å². The summed E-state index contributed by atoms with van der Waals surface area (Å²) in [6.45, 7) is 2.90. The van der Waals surface area contributed by atoms with Gasteiger partial charge in [0.1, 0.15) is 5.69 Å². The predicted octanol–water partition coefficient (Wildman–Crippen LogP) is 2.95. The van der Waals surface area contributed by atoms with Gasteiger partial charge in [-0.1, -0.05) is 13.3 Å². The molecule has 6 nitrogen and oxygen atoms in total. The van der Waals surface area contributed by atoms with Crippen LogP contribution in [-0.4, -0.2) is 24.4 Å². The third-order valence-corrected chi connectivity index (χ3v) is 4.07. The van der Waals surface area contributed by atoms with Crippen molar-refractivity contribution in [1.82, 2.24) is 5.32 Å². The van der Waals surface area contributed by atoms with Crippen LogP contribution in [0.25, 0.3) is 0 Å². The number of benzene rings is 1. The highest BCUT2D eigenvalue weighted by atomic mass is 16.6. The number of nitrogens with one attached hydrogen (secondary N) is 2. The molecule has 21 heavy (non-hydrogen) atoms. The number of nitro groups is 1. The van der Waals surface area contributed by atoms with Gasteiger partial charge in [-0.05, 0) is 36.8 Å². The molecule has 0 heterocycles. The minimum atomic E-state index is -0.450. The van der Waals surface area contributed by atoms with Crippen LogP contribution in [0.4, 0.5) is 11.4 Å². The van der Waals surface area contributed by atoms with Crippen LogP contribution in [0.5, 0.6) is 0 Å². The lowest BCUT2D eigenvalue weighted by Gasteiger charge is -2.16. The number of amides is 1. The maximum atomic E-state index is 11.6. The number of rotatable bonds is 7. The van der Waals surface area contributed by atoms with Crippen LogP contribution in [0.15, 0.2) is 18.2 Å². The van der Waals surface area contributed by atoms with Gasteiger partial charge in [0, 0.05) is 25.2 Å². The number of anilines is 1. The summed E-state index contributed by atoms with van der Waals surface area (Å²) in [4.78, 5) is 22.3. The van der Waals surface area contributed by atoms with Crippen LogP contribution >= 0.6 is 0 Å². The highest BCUT2D eigenvalue weighted by Crippen LogP contribution is 2.49. The van der Waals surface area contributed by atoms with Gasteiger partial charge in [0.2, 0.25) is 0 Å². The van der Waals surface area contributed by atoms with Crippen LogP contribution in [-0.2, 0) is 0 Å². The second-order valence-electron chi connectivity index (χ2n) is 5.67. The van der Waals surface area contributed by atoms with E-state index >= 15 is 0 Å². The number of hydrogen-bond acceptors (Lipinski definition) is 4. The lowest BCUT2D eigenvalue weighted by atomic mass is 10.0. The average molecular weight is 291 g/mol. The minimum Gasteiger partial charge on any atom is -0.379 e. The van der Waals surface area contributed by atoms with Gasteiger partial charge >= 0.3 is 0 Å². The highest BCUT2D eigenvalue weighted by molar-refractivity contribution is 5.95. The quantitative estimate of drug-likeness (QED) is 0.597. The zero-order valence-electron chi connectivity index (χ0n) is 12.4. The van der Waals surface area contributed by atoms with Crippen molar-refractivity contribution in [3.8, 4) is 0 Å². The second kappa shape index (κ2) is 6.11. The van der Waals surface area contributed by atoms with E-state index in [0.717, 1.165) is 19.4 Å². The molecule has 0 spiro atoms. The monoisotopic (exact) mass is 291 g/mol. The maximum Gasteiger partial charge on any atom is 0.293 e. The molecule has 2 rings (SSSR count). The van der Waals surface area contributed by atoms with Crippen LogP contribution in [0, 0.1) is 15.5 Å². The van der Waals surface area contributed by atoms with Gasteiger partial charge in [0.25, 0.3) is 11.6 Å². The summed E-state index contributed by atoms with van der Waals surface area (Å²) in [6, 6.07) is 4.54. The fourth-order valence-corrected chi connectivity index (χ4v) is 2.62. The molecule has 0 saturated heterocycles. The fraction of sp³-hybridized carbons (Fsp3) is 0.533. The Bertz CT molecular complexity index is 553. The van der Waals surface area contributed by atoms with Crippen LogP contribution in [0.2, 0.25) is 0 Å². The van der Waals surface area contributed by atoms with E-state index in [0.29, 0.717) is 16.7 Å². The molecule has 1 saturated carbocycles. The molecular formula is C15H21N3O3. The van der Waals surface area contributed by atoms with Crippen molar-refractivity contribution in [2.24, 2.45) is 5.41 Å². The van der Waals surface area contributed by atoms with Crippen molar-refractivity contribution in [3.05, 3.63) is 33.9 Å². The number of nitrogens with zero attached hydrogens (tertiary/aromatic N) is 1. The molecule has 1 aliphatic rings. The molecule has 0 aromatic heterocycles. The molecule has 1 aromatic carbocycles. The van der Waals surface area contributed by atoms with Crippen molar-refractivity contribution >= 4 is 17.3 Å². The first-order chi connectivity index (χ1) is 10.0. The first kappa shape index (κ1) is 15.3. The van der Waals surface area contributed by atoms with E-state index in [1.54, 1.807) is 12.1 Å². The first-order valence-corrected chi connectivity index (χ1v) is 7.26. The Morgan fingerprint density at radius 1 is 1.43 bits per heavy atom. The van der Waals surface area contributed by atoms with Crippen molar-refractivity contribution in [1.29, 1.82) is 0 Å². The molecule has 6 heteroatoms. The minimum absolute atomic E-state index is 0.0524. The van der Waals surface area contributed by atoms with Gasteiger partial charge in [0.05, 0.1) is 4.92 Å². The Kier molecular flexibility index (Phi) is 4.45. The Hall–Kier alpha value is -2.11. The van der Waals surface area contributed by atoms with Gasteiger partial charge in [-0.25, -0.2) is 0 Å². The topological polar surface area (TPSA) is 84.3 Å². The number of hydrogen-bond donors (Lipinski definition) is 2. The Morgan fingerprint density at radius 3 is 2.67 bits per heavy atom. The molecule has 0 unspecified atom stereocenters. The molecule has 1 fully saturated rings. The number of carbonyl (C=O) groups is 1. The molecular weight excluding hydrogens is 270 g/mol. The van der Waals surface area contributed by atoms with Crippen molar-refractivity contribution in [2.45, 2.75) is 32.6 Å². The van der Waals surface area contributed by atoms with Gasteiger partial charge in [-0.15, -0.1) is 0 Å². The van der Waals surface area contributed by atoms with E-state index < -0.39 is 4.92 Å². The van der Waals surface area contributed by atoms with Crippen LogP contribution in [0.3, 0.4) is 0 Å². The van der Waals surface area contributed by atoms with Crippen molar-refractivity contribution in [2.75, 3.05) is 18.9 Å². The standard InChI is InChI=1S/C15H21N3O3/c1-3-6-15(7-8-15)10-17-12-5-4-11(14(19)16-2)9-13(12)18(20)21/h4-5,9,17H,3,6-8,10H2,1-2H3,(H,16,19). The largest absolute Gasteiger partial charge is 0.379 e. The summed E-state index contributed by atoms with van der Waals surface area (Å²) >= 11 is 0. The molecule has 2 N–H and O–H groups in total. The molecule has 114 valence electrons. The first-order valence-electron chi connectivity index (χ1n) is 7.26. The molecule has 1 amide bonds. The van der Waals surface area contributed by atoms with E-state index in [1.165, 1.54) is 26.0 Å². The predicted molar refractivity (Wildman–Crippen MR) is 81.6 cm³/mol. The normalized spacial score (nSPS) is 15.3. The van der Waals surface area contributed by atoms with Crippen LogP contribution < -0.4 is 10.6 Å². The molecule has 0 atom stereocenters. The van der Waals surface area contributed by atoms with E-state index in [1.807, 2.05) is 0 Å². The number of nitro benzene ring substituents is 1. The summed E-state index contributed by atoms with van der Waals surface area (Å²) in [6.07, 6.45) is 4.62. The molecule has 0 bridgehead atoms. The van der Waals surface area contributed by atoms with E-state index in [-0.39, 0.29) is 11.6 Å². The zero-order valence-corrected chi connectivity index (χ0v) is 12.4. The fourth-order valence-electron chi connectivity index (χ4n) is 2.62.